The van der Waals surface area contributed by atoms with Crippen LogP contribution in [0.3, 0.4) is 0 Å². The zero-order valence-corrected chi connectivity index (χ0v) is 21.0. The van der Waals surface area contributed by atoms with Crippen LogP contribution in [0.5, 0.6) is 0 Å². The van der Waals surface area contributed by atoms with E-state index in [1.165, 1.54) is 0 Å². The third-order valence-electron chi connectivity index (χ3n) is 6.92. The van der Waals surface area contributed by atoms with E-state index in [9.17, 15) is 14.8 Å². The molecular formula is C22H35ClFN7O3. The van der Waals surface area contributed by atoms with Gasteiger partial charge in [-0.1, -0.05) is 39.5 Å². The molecule has 2 fully saturated rings. The molecule has 0 radical (unpaired) electrons. The number of nitrogens with one attached hydrogen (secondary N) is 2. The van der Waals surface area contributed by atoms with Crippen molar-refractivity contribution >= 4 is 35.6 Å². The highest BCUT2D eigenvalue weighted by atomic mass is 35.5. The molecule has 1 aromatic heterocycles. The van der Waals surface area contributed by atoms with Crippen molar-refractivity contribution in [2.45, 2.75) is 52.0 Å². The second-order valence-electron chi connectivity index (χ2n) is 10.3. The highest BCUT2D eigenvalue weighted by Gasteiger charge is 2.42. The lowest BCUT2D eigenvalue weighted by atomic mass is 9.87. The van der Waals surface area contributed by atoms with Crippen LogP contribution < -0.4 is 15.8 Å². The van der Waals surface area contributed by atoms with Gasteiger partial charge >= 0.3 is 0 Å². The van der Waals surface area contributed by atoms with Crippen LogP contribution in [0.25, 0.3) is 0 Å². The molecular weight excluding hydrogens is 465 g/mol. The van der Waals surface area contributed by atoms with Crippen molar-refractivity contribution in [3.8, 4) is 0 Å². The average Bonchev–Trinajstić information content (AvgIpc) is 3.39. The number of halogens is 2. The Kier molecular flexibility index (Phi) is 8.53. The molecule has 0 spiro atoms. The molecule has 1 aliphatic carbocycles. The minimum atomic E-state index is -0.719. The number of carbonyl (C=O) groups is 2. The lowest BCUT2D eigenvalue weighted by Crippen LogP contribution is -2.41. The first-order chi connectivity index (χ1) is 16.0. The van der Waals surface area contributed by atoms with Gasteiger partial charge < -0.3 is 9.80 Å². The van der Waals surface area contributed by atoms with E-state index in [0.29, 0.717) is 30.5 Å². The summed E-state index contributed by atoms with van der Waals surface area (Å²) in [5, 5.41) is 9.94. The quantitative estimate of drug-likeness (QED) is 0.195. The van der Waals surface area contributed by atoms with Crippen molar-refractivity contribution < 1.29 is 19.2 Å². The molecule has 34 heavy (non-hydrogen) atoms. The molecule has 3 rings (SSSR count). The third kappa shape index (κ3) is 6.25. The summed E-state index contributed by atoms with van der Waals surface area (Å²) >= 11 is 6.09. The maximum absolute atomic E-state index is 15.4. The molecule has 12 heteroatoms. The maximum atomic E-state index is 15.4. The zero-order chi connectivity index (χ0) is 25.0. The fourth-order valence-electron chi connectivity index (χ4n) is 5.25. The molecule has 0 aromatic carbocycles. The second-order valence-corrected chi connectivity index (χ2v) is 10.6. The fraction of sp³-hybridized carbons (Fsp3) is 0.727. The van der Waals surface area contributed by atoms with E-state index in [1.807, 2.05) is 19.0 Å². The third-order valence-corrected chi connectivity index (χ3v) is 7.09. The van der Waals surface area contributed by atoms with Gasteiger partial charge in [-0.3, -0.25) is 25.6 Å². The van der Waals surface area contributed by atoms with Crippen LogP contribution >= 0.6 is 11.6 Å². The molecule has 10 nitrogen and oxygen atoms in total. The monoisotopic (exact) mass is 499 g/mol. The van der Waals surface area contributed by atoms with Crippen LogP contribution in [0.4, 0.5) is 16.0 Å². The number of amides is 2. The summed E-state index contributed by atoms with van der Waals surface area (Å²) in [5.74, 6) is -1.69. The normalized spacial score (nSPS) is 21.1. The summed E-state index contributed by atoms with van der Waals surface area (Å²) in [6.45, 7) is 5.23. The molecule has 1 aliphatic heterocycles. The largest absolute Gasteiger partial charge is 0.352 e. The number of nitrogens with zero attached hydrogens (tertiary/aromatic N) is 5. The van der Waals surface area contributed by atoms with Crippen molar-refractivity contribution in [3.63, 3.8) is 0 Å². The number of carbonyl (C=O) groups excluding carboxylic acids is 2. The highest BCUT2D eigenvalue weighted by Crippen LogP contribution is 2.37. The van der Waals surface area contributed by atoms with Crippen molar-refractivity contribution in [2.75, 3.05) is 44.1 Å². The molecule has 3 N–H and O–H groups in total. The van der Waals surface area contributed by atoms with Crippen molar-refractivity contribution in [2.24, 2.45) is 17.3 Å². The topological polar surface area (TPSA) is 114 Å². The van der Waals surface area contributed by atoms with E-state index in [-0.39, 0.29) is 41.3 Å². The predicted molar refractivity (Wildman–Crippen MR) is 127 cm³/mol. The molecule has 2 amide bonds. The summed E-state index contributed by atoms with van der Waals surface area (Å²) < 4.78 is 15.4. The number of hydroxylamine groups is 2. The second kappa shape index (κ2) is 11.0. The van der Waals surface area contributed by atoms with Gasteiger partial charge in [-0.2, -0.15) is 14.4 Å². The SMILES string of the molecule is CN(C)C1CN(c2nc(Cl)nc(NNC(=O)[C@H](CC3CCCC3)CN(O)C=O)c2F)CC1(C)C. The Morgan fingerprint density at radius 1 is 1.35 bits per heavy atom. The molecule has 1 saturated heterocycles. The van der Waals surface area contributed by atoms with E-state index in [0.717, 1.165) is 25.7 Å². The first-order valence-corrected chi connectivity index (χ1v) is 12.0. The van der Waals surface area contributed by atoms with Gasteiger partial charge in [-0.05, 0) is 43.5 Å². The molecule has 2 heterocycles. The zero-order valence-electron chi connectivity index (χ0n) is 20.2. The molecule has 190 valence electrons. The van der Waals surface area contributed by atoms with Crippen molar-refractivity contribution in [1.29, 1.82) is 0 Å². The Bertz CT molecular complexity index is 882. The number of aromatic nitrogens is 2. The van der Waals surface area contributed by atoms with Crippen molar-refractivity contribution in [1.82, 2.24) is 25.4 Å². The van der Waals surface area contributed by atoms with Gasteiger partial charge in [0.2, 0.25) is 23.4 Å². The van der Waals surface area contributed by atoms with Crippen LogP contribution in [0.1, 0.15) is 46.0 Å². The van der Waals surface area contributed by atoms with E-state index in [4.69, 9.17) is 11.6 Å². The molecule has 1 unspecified atom stereocenters. The van der Waals surface area contributed by atoms with Crippen LogP contribution in [-0.2, 0) is 9.59 Å². The van der Waals surface area contributed by atoms with Crippen LogP contribution in [0.2, 0.25) is 5.28 Å². The van der Waals surface area contributed by atoms with Crippen LogP contribution in [-0.4, -0.2) is 77.2 Å². The summed E-state index contributed by atoms with van der Waals surface area (Å²) in [5.41, 5.74) is 4.91. The molecule has 2 aliphatic rings. The first kappa shape index (κ1) is 26.4. The Hall–Kier alpha value is -2.24. The number of likely N-dealkylation sites (N-methyl/N-ethyl adjacent to an activating group) is 1. The fourth-order valence-corrected chi connectivity index (χ4v) is 5.41. The maximum Gasteiger partial charge on any atom is 0.243 e. The smallest absolute Gasteiger partial charge is 0.243 e. The van der Waals surface area contributed by atoms with Crippen LogP contribution in [0.15, 0.2) is 0 Å². The number of hydrogen-bond donors (Lipinski definition) is 3. The number of anilines is 2. The highest BCUT2D eigenvalue weighted by molar-refractivity contribution is 6.28. The van der Waals surface area contributed by atoms with E-state index in [2.05, 4.69) is 39.6 Å². The molecule has 0 bridgehead atoms. The Balaban J connectivity index is 1.73. The Labute approximate surface area is 204 Å². The number of hydrazine groups is 1. The van der Waals surface area contributed by atoms with Crippen LogP contribution in [0, 0.1) is 23.1 Å². The first-order valence-electron chi connectivity index (χ1n) is 11.6. The standard InChI is InChI=1S/C22H35ClFN7O3/c1-22(2)12-30(11-16(22)29(3)4)19-17(24)18(25-21(23)26-19)27-28-20(33)15(10-31(34)13-32)9-14-7-5-6-8-14/h13-16,34H,5-12H2,1-4H3,(H,28,33)(H,25,26,27)/t15-,16?/m1/s1. The Morgan fingerprint density at radius 2 is 2.03 bits per heavy atom. The van der Waals surface area contributed by atoms with E-state index >= 15 is 4.39 Å². The summed E-state index contributed by atoms with van der Waals surface area (Å²) in [7, 11) is 3.98. The van der Waals surface area contributed by atoms with Gasteiger partial charge in [0.25, 0.3) is 0 Å². The van der Waals surface area contributed by atoms with Gasteiger partial charge in [0, 0.05) is 19.1 Å². The molecule has 2 atom stereocenters. The van der Waals surface area contributed by atoms with Gasteiger partial charge in [0.05, 0.1) is 12.5 Å². The predicted octanol–water partition coefficient (Wildman–Crippen LogP) is 2.53. The number of hydrogen-bond acceptors (Lipinski definition) is 8. The summed E-state index contributed by atoms with van der Waals surface area (Å²) in [6.07, 6.45) is 4.99. The van der Waals surface area contributed by atoms with Gasteiger partial charge in [-0.25, -0.2) is 5.06 Å². The minimum absolute atomic E-state index is 0.0687. The lowest BCUT2D eigenvalue weighted by molar-refractivity contribution is -0.154. The van der Waals surface area contributed by atoms with E-state index in [1.54, 1.807) is 0 Å². The minimum Gasteiger partial charge on any atom is -0.352 e. The average molecular weight is 500 g/mol. The molecule has 1 saturated carbocycles. The van der Waals surface area contributed by atoms with Crippen molar-refractivity contribution in [3.05, 3.63) is 11.1 Å². The molecule has 1 aromatic rings. The summed E-state index contributed by atoms with van der Waals surface area (Å²) in [4.78, 5) is 35.7. The van der Waals surface area contributed by atoms with Gasteiger partial charge in [0.15, 0.2) is 11.6 Å². The Morgan fingerprint density at radius 3 is 2.62 bits per heavy atom. The summed E-state index contributed by atoms with van der Waals surface area (Å²) in [6, 6.07) is 0.187. The number of rotatable bonds is 10. The van der Waals surface area contributed by atoms with Gasteiger partial charge in [0.1, 0.15) is 0 Å². The lowest BCUT2D eigenvalue weighted by Gasteiger charge is -2.30. The van der Waals surface area contributed by atoms with Gasteiger partial charge in [-0.15, -0.1) is 0 Å². The van der Waals surface area contributed by atoms with E-state index < -0.39 is 17.6 Å².